The topological polar surface area (TPSA) is 673 Å². The third kappa shape index (κ3) is 41.0. The molecule has 3 amide bonds. The second-order valence-electron chi connectivity index (χ2n) is 24.6. The Balaban J connectivity index is 0.00000198. The van der Waals surface area contributed by atoms with Crippen molar-refractivity contribution < 1.29 is 224 Å². The molecule has 16 N–H and O–H groups in total. The summed E-state index contributed by atoms with van der Waals surface area (Å²) in [6.45, 7) is -4.65. The van der Waals surface area contributed by atoms with Crippen LogP contribution in [0.3, 0.4) is 0 Å². The van der Waals surface area contributed by atoms with Crippen LogP contribution in [0.25, 0.3) is 0 Å². The summed E-state index contributed by atoms with van der Waals surface area (Å²) in [6, 6.07) is 1.00. The predicted molar refractivity (Wildman–Crippen MR) is 345 cm³/mol. The van der Waals surface area contributed by atoms with Gasteiger partial charge in [-0.25, -0.2) is 0 Å². The van der Waals surface area contributed by atoms with Crippen LogP contribution in [0.2, 0.25) is 0 Å². The van der Waals surface area contributed by atoms with Crippen LogP contribution in [0, 0.1) is 79.9 Å². The summed E-state index contributed by atoms with van der Waals surface area (Å²) in [6.07, 6.45) is -8.86. The van der Waals surface area contributed by atoms with Crippen molar-refractivity contribution in [2.75, 3.05) is 105 Å². The minimum absolute atomic E-state index is 0. The molecule has 10 unspecified atom stereocenters. The number of rotatable bonds is 41. The first kappa shape index (κ1) is 101. The number of aliphatic hydroxyl groups is 8. The maximum Gasteiger partial charge on any atom is 3.00 e. The fourth-order valence-electron chi connectivity index (χ4n) is 11.0. The molecule has 4 bridgehead atoms. The van der Waals surface area contributed by atoms with Crippen molar-refractivity contribution in [3.8, 4) is 0 Å². The monoisotopic (exact) mass is 1810 g/mol. The van der Waals surface area contributed by atoms with Crippen molar-refractivity contribution in [3.63, 3.8) is 0 Å². The van der Waals surface area contributed by atoms with E-state index in [-0.39, 0.29) is 249 Å². The molecule has 0 aromatic carbocycles. The largest absolute Gasteiger partial charge is 3.00 e. The number of carboxylic acid groups (broad SMARTS) is 9. The van der Waals surface area contributed by atoms with E-state index >= 15 is 0 Å². The summed E-state index contributed by atoms with van der Waals surface area (Å²) in [7, 11) is 0. The summed E-state index contributed by atoms with van der Waals surface area (Å²) in [5, 5.41) is 180. The van der Waals surface area contributed by atoms with E-state index in [4.69, 9.17) is 46.6 Å². The van der Waals surface area contributed by atoms with Gasteiger partial charge in [0.2, 0.25) is 17.7 Å². The zero-order valence-corrected chi connectivity index (χ0v) is 63.0. The molecular formula is C64H96Gd2N12O29. The van der Waals surface area contributed by atoms with E-state index < -0.39 is 171 Å². The average Bonchev–Trinajstić information content (AvgIpc) is 0.836. The van der Waals surface area contributed by atoms with Gasteiger partial charge in [-0.05, 0) is 62.8 Å². The standard InChI is InChI=1S/C35H57N7O15.C26H36N4O12.C3H9NO2.2Gd/c43-19-24(46)14-36-30(49)7-4-27(33(52)53)40-10-12-41(28(34(54)55)5-8-31(50)37-15-25(47)20-44)17-22-2-1-3-23(39-22)18-42(13-11-40)29(35(56)57)6-9-32(51)38-16-26(48)21-45;31-21(32)7-4-18(24(37)38)28-10-12-29(19(25(39)40)5-8-22(33)34)14-16-2-1-3-17(27-16)15-30(13-11-28)20(26(41)42)6-9-23(35)36;4-1-3(6)2-5;;/h1-3,24-29,43-48H,4-21H2,(H,36,49)(H,37,50)(H,38,51)(H,52,53)(H,54,55)(H,56,57);1-3,18-20H,4-15H2,(H,31,32)(H,33,34)(H,35,36)(H,37,38)(H,39,40)(H,41,42);3,5-6H,1-2,4H2;;/q;;;2*+3/p-6. The fraction of sp³-hybridized carbons (Fsp3) is 0.656. The molecule has 0 spiro atoms. The molecule has 2 aliphatic rings. The number of nitrogens with zero attached hydrogens (tertiary/aromatic N) is 8. The van der Waals surface area contributed by atoms with E-state index in [1.807, 2.05) is 0 Å². The molecule has 0 saturated heterocycles. The van der Waals surface area contributed by atoms with Crippen LogP contribution >= 0.6 is 0 Å². The van der Waals surface area contributed by atoms with E-state index in [0.29, 0.717) is 22.8 Å². The number of hydrogen-bond donors (Lipinski definition) is 15. The Morgan fingerprint density at radius 3 is 0.729 bits per heavy atom. The number of aliphatic hydroxyl groups excluding tert-OH is 8. The number of carbonyl (C=O) groups is 12. The SMILES string of the molecule is NCC(O)CO.O=C(CCC(C(=O)[O-])N1CCN(C(CCC(=O)NCC(O)CO)C(=O)[O-])Cc2cccc(n2)CN(C(CCC(=O)NCC(O)CO)C(=O)[O-])CC1)NCC(O)CO.O=C(O)CCC(C(=O)[O-])N1CCN(C(CCC(=O)O)C(=O)[O-])Cc2cccc(n2)CN(C(CCC(=O)O)C(=O)[O-])CC1.[Gd+3].[Gd+3]. The summed E-state index contributed by atoms with van der Waals surface area (Å²) in [5.74, 6) is -15.0. The fourth-order valence-corrected chi connectivity index (χ4v) is 11.0. The van der Waals surface area contributed by atoms with Gasteiger partial charge in [0.25, 0.3) is 0 Å². The van der Waals surface area contributed by atoms with Crippen molar-refractivity contribution in [2.24, 2.45) is 5.73 Å². The normalized spacial score (nSPS) is 17.2. The second-order valence-corrected chi connectivity index (χ2v) is 24.6. The second kappa shape index (κ2) is 55.4. The van der Waals surface area contributed by atoms with Crippen LogP contribution in [0.15, 0.2) is 36.4 Å². The first-order valence-electron chi connectivity index (χ1n) is 33.6. The van der Waals surface area contributed by atoms with E-state index in [1.54, 1.807) is 36.4 Å². The molecular weight excluding hydrogens is 1720 g/mol. The van der Waals surface area contributed by atoms with Gasteiger partial charge in [-0.15, -0.1) is 0 Å². The quantitative estimate of drug-likeness (QED) is 0.0294. The van der Waals surface area contributed by atoms with Crippen LogP contribution in [-0.4, -0.2) is 333 Å². The Bertz CT molecular complexity index is 2950. The number of aliphatic carboxylic acids is 9. The van der Waals surface area contributed by atoms with Crippen LogP contribution < -0.4 is 52.3 Å². The molecule has 2 aromatic rings. The smallest absolute Gasteiger partial charge is 0.548 e. The zero-order valence-electron chi connectivity index (χ0n) is 58.5. The predicted octanol–water partition coefficient (Wildman–Crippen LogP) is -14.6. The van der Waals surface area contributed by atoms with Gasteiger partial charge in [0.05, 0.1) is 134 Å². The van der Waals surface area contributed by atoms with Gasteiger partial charge in [-0.2, -0.15) is 0 Å². The molecule has 10 atom stereocenters. The number of fused-ring (bicyclic) bond motifs is 4. The zero-order chi connectivity index (χ0) is 78.9. The van der Waals surface area contributed by atoms with Crippen LogP contribution in [0.1, 0.15) is 99.8 Å². The third-order valence-corrected chi connectivity index (χ3v) is 16.7. The molecule has 2 aliphatic heterocycles. The minimum Gasteiger partial charge on any atom is -0.548 e. The Kier molecular flexibility index (Phi) is 52.3. The Hall–Kier alpha value is -6.01. The van der Waals surface area contributed by atoms with Crippen LogP contribution in [-0.2, 0) is 83.7 Å². The summed E-state index contributed by atoms with van der Waals surface area (Å²) in [4.78, 5) is 162. The number of nitrogens with two attached hydrogens (primary N) is 1. The van der Waals surface area contributed by atoms with Gasteiger partial charge >= 0.3 is 97.8 Å². The molecule has 602 valence electrons. The maximum atomic E-state index is 12.6. The Morgan fingerprint density at radius 1 is 0.355 bits per heavy atom. The van der Waals surface area contributed by atoms with Gasteiger partial charge < -0.3 is 137 Å². The molecule has 0 saturated carbocycles. The van der Waals surface area contributed by atoms with Crippen molar-refractivity contribution in [1.82, 2.24) is 55.3 Å². The van der Waals surface area contributed by atoms with Gasteiger partial charge in [0.1, 0.15) is 0 Å². The number of hydrogen-bond acceptors (Lipinski definition) is 35. The van der Waals surface area contributed by atoms with E-state index in [0.717, 1.165) is 0 Å². The van der Waals surface area contributed by atoms with Gasteiger partial charge in [-0.1, -0.05) is 12.1 Å². The molecule has 41 nitrogen and oxygen atoms in total. The average molecular weight is 1810 g/mol. The Morgan fingerprint density at radius 2 is 0.551 bits per heavy atom. The number of carbonyl (C=O) groups excluding carboxylic acids is 9. The van der Waals surface area contributed by atoms with Crippen molar-refractivity contribution in [3.05, 3.63) is 59.2 Å². The molecule has 0 fully saturated rings. The van der Waals surface area contributed by atoms with Crippen molar-refractivity contribution in [1.29, 1.82) is 0 Å². The van der Waals surface area contributed by atoms with Crippen LogP contribution in [0.4, 0.5) is 0 Å². The number of nitrogens with one attached hydrogen (secondary N) is 3. The Labute approximate surface area is 679 Å². The summed E-state index contributed by atoms with van der Waals surface area (Å²) in [5.41, 5.74) is 6.22. The molecule has 2 radical (unpaired) electrons. The molecule has 4 rings (SSSR count). The molecule has 4 heterocycles. The number of carboxylic acids is 9. The molecule has 2 aromatic heterocycles. The van der Waals surface area contributed by atoms with Gasteiger partial charge in [0, 0.05) is 155 Å². The van der Waals surface area contributed by atoms with Gasteiger partial charge in [-0.3, -0.25) is 68.1 Å². The molecule has 107 heavy (non-hydrogen) atoms. The summed E-state index contributed by atoms with van der Waals surface area (Å²) < 4.78 is 0. The third-order valence-electron chi connectivity index (χ3n) is 16.7. The maximum absolute atomic E-state index is 12.6. The van der Waals surface area contributed by atoms with E-state index in [2.05, 4.69) is 25.9 Å². The summed E-state index contributed by atoms with van der Waals surface area (Å²) >= 11 is 0. The van der Waals surface area contributed by atoms with Crippen molar-refractivity contribution in [2.45, 2.75) is 164 Å². The molecule has 0 aliphatic carbocycles. The number of amides is 3. The van der Waals surface area contributed by atoms with E-state index in [9.17, 15) is 103 Å². The molecule has 43 heteroatoms. The van der Waals surface area contributed by atoms with Crippen LogP contribution in [0.5, 0.6) is 0 Å². The van der Waals surface area contributed by atoms with Gasteiger partial charge in [0.15, 0.2) is 0 Å². The van der Waals surface area contributed by atoms with E-state index in [1.165, 1.54) is 29.4 Å². The van der Waals surface area contributed by atoms with Crippen molar-refractivity contribution >= 4 is 71.4 Å². The number of pyridine rings is 2. The first-order chi connectivity index (χ1) is 49.7. The minimum atomic E-state index is -1.60. The first-order valence-corrected chi connectivity index (χ1v) is 33.6. The number of aromatic nitrogens is 2.